The minimum absolute atomic E-state index is 0.0248. The van der Waals surface area contributed by atoms with E-state index in [1.165, 1.54) is 13.0 Å². The largest absolute Gasteiger partial charge is 0.478 e. The molecule has 0 amide bonds. The van der Waals surface area contributed by atoms with E-state index < -0.39 is 29.9 Å². The van der Waals surface area contributed by atoms with Crippen LogP contribution in [0.5, 0.6) is 0 Å². The van der Waals surface area contributed by atoms with Gasteiger partial charge in [-0.05, 0) is 13.0 Å². The minimum atomic E-state index is -1.47. The van der Waals surface area contributed by atoms with Crippen molar-refractivity contribution in [2.75, 3.05) is 13.2 Å². The van der Waals surface area contributed by atoms with Gasteiger partial charge in [0.1, 0.15) is 23.9 Å². The lowest BCUT2D eigenvalue weighted by Crippen LogP contribution is -2.42. The number of aliphatic hydroxyl groups excluding tert-OH is 1. The highest BCUT2D eigenvalue weighted by Crippen LogP contribution is 2.35. The van der Waals surface area contributed by atoms with Gasteiger partial charge in [-0.25, -0.2) is 4.79 Å². The van der Waals surface area contributed by atoms with Gasteiger partial charge in [-0.1, -0.05) is 0 Å². The van der Waals surface area contributed by atoms with Gasteiger partial charge < -0.3 is 24.8 Å². The number of hydrogen-bond acceptors (Lipinski definition) is 5. The molecule has 0 aliphatic carbocycles. The summed E-state index contributed by atoms with van der Waals surface area (Å²) >= 11 is 0. The summed E-state index contributed by atoms with van der Waals surface area (Å²) in [5, 5.41) is 28.4. The second kappa shape index (κ2) is 3.81. The zero-order valence-corrected chi connectivity index (χ0v) is 8.79. The standard InChI is InChI=1S/C10H14O6/c1-5(9(12)13)2-10(14)4-16-7-6(11)3-15-8(7)10/h2,6-8,11,14H,3-4H2,1H3,(H,12,13)/t6-,7-,8+,10-/m1/s1. The van der Waals surface area contributed by atoms with E-state index in [-0.39, 0.29) is 18.8 Å². The van der Waals surface area contributed by atoms with Crippen LogP contribution in [0.3, 0.4) is 0 Å². The minimum Gasteiger partial charge on any atom is -0.478 e. The molecule has 0 saturated carbocycles. The molecular formula is C10H14O6. The van der Waals surface area contributed by atoms with Crippen molar-refractivity contribution in [1.82, 2.24) is 0 Å². The van der Waals surface area contributed by atoms with Crippen molar-refractivity contribution < 1.29 is 29.6 Å². The molecule has 2 saturated heterocycles. The van der Waals surface area contributed by atoms with Gasteiger partial charge >= 0.3 is 5.97 Å². The first-order valence-electron chi connectivity index (χ1n) is 5.00. The van der Waals surface area contributed by atoms with Crippen LogP contribution in [0.4, 0.5) is 0 Å². The van der Waals surface area contributed by atoms with E-state index in [9.17, 15) is 15.0 Å². The molecule has 2 heterocycles. The van der Waals surface area contributed by atoms with Crippen molar-refractivity contribution in [1.29, 1.82) is 0 Å². The molecule has 0 aromatic carbocycles. The molecule has 90 valence electrons. The SMILES string of the molecule is CC(=C[C@@]1(O)CO[C@@H]2[C@H](O)CO[C@@H]21)C(=O)O. The summed E-state index contributed by atoms with van der Waals surface area (Å²) in [6.45, 7) is 1.42. The van der Waals surface area contributed by atoms with Gasteiger partial charge in [-0.15, -0.1) is 0 Å². The van der Waals surface area contributed by atoms with E-state index in [2.05, 4.69) is 0 Å². The Morgan fingerprint density at radius 3 is 2.81 bits per heavy atom. The van der Waals surface area contributed by atoms with Crippen molar-refractivity contribution in [3.63, 3.8) is 0 Å². The van der Waals surface area contributed by atoms with Crippen molar-refractivity contribution >= 4 is 5.97 Å². The van der Waals surface area contributed by atoms with Crippen LogP contribution in [0, 0.1) is 0 Å². The fraction of sp³-hybridized carbons (Fsp3) is 0.700. The zero-order chi connectivity index (χ0) is 11.9. The number of carbonyl (C=O) groups is 1. The first-order valence-corrected chi connectivity index (χ1v) is 5.00. The second-order valence-corrected chi connectivity index (χ2v) is 4.22. The quantitative estimate of drug-likeness (QED) is 0.521. The Bertz CT molecular complexity index is 338. The molecule has 0 radical (unpaired) electrons. The number of carboxylic acid groups (broad SMARTS) is 1. The third kappa shape index (κ3) is 1.73. The highest BCUT2D eigenvalue weighted by atomic mass is 16.6. The fourth-order valence-corrected chi connectivity index (χ4v) is 2.09. The van der Waals surface area contributed by atoms with Gasteiger partial charge in [0.2, 0.25) is 0 Å². The Morgan fingerprint density at radius 2 is 2.19 bits per heavy atom. The molecule has 6 heteroatoms. The molecule has 0 aromatic heterocycles. The summed E-state index contributed by atoms with van der Waals surface area (Å²) in [6.07, 6.45) is -0.824. The Labute approximate surface area is 92.1 Å². The lowest BCUT2D eigenvalue weighted by atomic mass is 9.94. The van der Waals surface area contributed by atoms with Crippen LogP contribution in [-0.2, 0) is 14.3 Å². The number of hydrogen-bond donors (Lipinski definition) is 3. The monoisotopic (exact) mass is 230 g/mol. The molecule has 0 unspecified atom stereocenters. The van der Waals surface area contributed by atoms with E-state index in [0.29, 0.717) is 0 Å². The number of fused-ring (bicyclic) bond motifs is 1. The maximum atomic E-state index is 10.7. The molecule has 4 atom stereocenters. The first kappa shape index (κ1) is 11.5. The summed E-state index contributed by atoms with van der Waals surface area (Å²) < 4.78 is 10.4. The molecule has 2 rings (SSSR count). The Balaban J connectivity index is 2.21. The molecular weight excluding hydrogens is 216 g/mol. The summed E-state index contributed by atoms with van der Waals surface area (Å²) in [6, 6.07) is 0. The highest BCUT2D eigenvalue weighted by molar-refractivity contribution is 5.86. The van der Waals surface area contributed by atoms with Gasteiger partial charge in [0, 0.05) is 5.57 Å². The van der Waals surface area contributed by atoms with Gasteiger partial charge in [-0.2, -0.15) is 0 Å². The van der Waals surface area contributed by atoms with Gasteiger partial charge in [0.15, 0.2) is 0 Å². The van der Waals surface area contributed by atoms with Crippen LogP contribution in [-0.4, -0.2) is 58.4 Å². The van der Waals surface area contributed by atoms with Crippen molar-refractivity contribution in [2.45, 2.75) is 30.8 Å². The normalized spacial score (nSPS) is 43.4. The third-order valence-electron chi connectivity index (χ3n) is 2.93. The molecule has 2 aliphatic heterocycles. The second-order valence-electron chi connectivity index (χ2n) is 4.22. The van der Waals surface area contributed by atoms with E-state index in [1.54, 1.807) is 0 Å². The van der Waals surface area contributed by atoms with E-state index >= 15 is 0 Å². The van der Waals surface area contributed by atoms with E-state index in [1.807, 2.05) is 0 Å². The molecule has 16 heavy (non-hydrogen) atoms. The Hall–Kier alpha value is -0.950. The highest BCUT2D eigenvalue weighted by Gasteiger charge is 2.54. The number of rotatable bonds is 2. The summed E-state index contributed by atoms with van der Waals surface area (Å²) in [4.78, 5) is 10.7. The summed E-state index contributed by atoms with van der Waals surface area (Å²) in [7, 11) is 0. The van der Waals surface area contributed by atoms with Crippen LogP contribution in [0.25, 0.3) is 0 Å². The van der Waals surface area contributed by atoms with Gasteiger partial charge in [-0.3, -0.25) is 0 Å². The van der Waals surface area contributed by atoms with Crippen LogP contribution >= 0.6 is 0 Å². The molecule has 3 N–H and O–H groups in total. The predicted molar refractivity (Wildman–Crippen MR) is 51.8 cm³/mol. The topological polar surface area (TPSA) is 96.2 Å². The smallest absolute Gasteiger partial charge is 0.331 e. The number of ether oxygens (including phenoxy) is 2. The predicted octanol–water partition coefficient (Wildman–Crippen LogP) is -1.09. The molecule has 6 nitrogen and oxygen atoms in total. The number of carboxylic acids is 1. The maximum Gasteiger partial charge on any atom is 0.331 e. The van der Waals surface area contributed by atoms with Gasteiger partial charge in [0.25, 0.3) is 0 Å². The summed E-state index contributed by atoms with van der Waals surface area (Å²) in [5.41, 5.74) is -1.44. The van der Waals surface area contributed by atoms with Crippen LogP contribution in [0.1, 0.15) is 6.92 Å². The van der Waals surface area contributed by atoms with Crippen LogP contribution in [0.2, 0.25) is 0 Å². The average Bonchev–Trinajstić information content (AvgIpc) is 2.71. The maximum absolute atomic E-state index is 10.7. The van der Waals surface area contributed by atoms with Crippen LogP contribution in [0.15, 0.2) is 11.6 Å². The Kier molecular flexibility index (Phi) is 2.75. The fourth-order valence-electron chi connectivity index (χ4n) is 2.09. The molecule has 2 fully saturated rings. The average molecular weight is 230 g/mol. The van der Waals surface area contributed by atoms with Crippen molar-refractivity contribution in [3.8, 4) is 0 Å². The number of aliphatic carboxylic acids is 1. The molecule has 0 bridgehead atoms. The summed E-state index contributed by atoms with van der Waals surface area (Å²) in [5.74, 6) is -1.10. The third-order valence-corrected chi connectivity index (χ3v) is 2.93. The lowest BCUT2D eigenvalue weighted by molar-refractivity contribution is -0.132. The zero-order valence-electron chi connectivity index (χ0n) is 8.79. The first-order chi connectivity index (χ1) is 7.44. The Morgan fingerprint density at radius 1 is 1.50 bits per heavy atom. The molecule has 0 aromatic rings. The lowest BCUT2D eigenvalue weighted by Gasteiger charge is -2.23. The molecule has 0 spiro atoms. The number of aliphatic hydroxyl groups is 2. The van der Waals surface area contributed by atoms with Crippen molar-refractivity contribution in [2.24, 2.45) is 0 Å². The van der Waals surface area contributed by atoms with E-state index in [4.69, 9.17) is 14.6 Å². The molecule has 2 aliphatic rings. The van der Waals surface area contributed by atoms with Gasteiger partial charge in [0.05, 0.1) is 13.2 Å². The van der Waals surface area contributed by atoms with Crippen LogP contribution < -0.4 is 0 Å². The van der Waals surface area contributed by atoms with Crippen molar-refractivity contribution in [3.05, 3.63) is 11.6 Å². The van der Waals surface area contributed by atoms with E-state index in [0.717, 1.165) is 0 Å².